The first-order valence-corrected chi connectivity index (χ1v) is 9.03. The molecule has 128 valence electrons. The van der Waals surface area contributed by atoms with Crippen molar-refractivity contribution in [2.45, 2.75) is 25.5 Å². The molecule has 1 N–H and O–H groups in total. The van der Waals surface area contributed by atoms with Crippen LogP contribution >= 0.6 is 0 Å². The van der Waals surface area contributed by atoms with Crippen LogP contribution in [0.4, 0.5) is 10.5 Å². The molecular formula is C16H20N4O3S. The maximum atomic E-state index is 12.6. The highest BCUT2D eigenvalue weighted by Crippen LogP contribution is 2.26. The van der Waals surface area contributed by atoms with Crippen LogP contribution in [0.2, 0.25) is 0 Å². The fraction of sp³-hybridized carbons (Fsp3) is 0.438. The van der Waals surface area contributed by atoms with E-state index in [1.807, 2.05) is 32.0 Å². The molecule has 24 heavy (non-hydrogen) atoms. The number of rotatable bonds is 2. The molecule has 1 saturated heterocycles. The number of aromatic nitrogens is 2. The molecule has 0 radical (unpaired) electrons. The van der Waals surface area contributed by atoms with Gasteiger partial charge in [-0.15, -0.1) is 0 Å². The van der Waals surface area contributed by atoms with Crippen LogP contribution in [-0.2, 0) is 10.8 Å². The summed E-state index contributed by atoms with van der Waals surface area (Å²) in [5.74, 6) is 1.39. The minimum Gasteiger partial charge on any atom is -0.339 e. The Balaban J connectivity index is 1.79. The van der Waals surface area contributed by atoms with Gasteiger partial charge in [-0.3, -0.25) is 4.21 Å². The second kappa shape index (κ2) is 6.35. The van der Waals surface area contributed by atoms with Crippen LogP contribution in [0.25, 0.3) is 11.4 Å². The van der Waals surface area contributed by atoms with Crippen molar-refractivity contribution >= 4 is 22.5 Å². The van der Waals surface area contributed by atoms with Gasteiger partial charge in [-0.2, -0.15) is 4.98 Å². The van der Waals surface area contributed by atoms with E-state index < -0.39 is 15.5 Å². The van der Waals surface area contributed by atoms with E-state index >= 15 is 0 Å². The Hall–Kier alpha value is -2.22. The molecular weight excluding hydrogens is 328 g/mol. The van der Waals surface area contributed by atoms with Gasteiger partial charge in [-0.1, -0.05) is 17.3 Å². The molecule has 1 atom stereocenters. The predicted molar refractivity (Wildman–Crippen MR) is 92.2 cm³/mol. The summed E-state index contributed by atoms with van der Waals surface area (Å²) in [4.78, 5) is 18.5. The van der Waals surface area contributed by atoms with E-state index in [2.05, 4.69) is 15.5 Å². The van der Waals surface area contributed by atoms with Gasteiger partial charge >= 0.3 is 6.03 Å². The van der Waals surface area contributed by atoms with Crippen LogP contribution in [0.15, 0.2) is 28.8 Å². The Bertz CT molecular complexity index is 787. The monoisotopic (exact) mass is 348 g/mol. The van der Waals surface area contributed by atoms with Gasteiger partial charge in [-0.05, 0) is 26.0 Å². The number of benzene rings is 1. The Kier molecular flexibility index (Phi) is 4.40. The summed E-state index contributed by atoms with van der Waals surface area (Å²) in [6.07, 6.45) is 0. The van der Waals surface area contributed by atoms with E-state index in [1.54, 1.807) is 17.9 Å². The molecule has 1 unspecified atom stereocenters. The van der Waals surface area contributed by atoms with Crippen molar-refractivity contribution in [3.63, 3.8) is 0 Å². The standard InChI is InChI=1S/C16H20N4O3S/c1-11-17-14(19-23-11)12-6-4-5-7-13(12)18-15(21)20-8-9-24(22)16(2,3)10-20/h4-7H,8-10H2,1-3H3,(H,18,21). The molecule has 0 saturated carbocycles. The lowest BCUT2D eigenvalue weighted by Crippen LogP contribution is -2.53. The van der Waals surface area contributed by atoms with Crippen molar-refractivity contribution in [3.05, 3.63) is 30.2 Å². The molecule has 1 aromatic carbocycles. The van der Waals surface area contributed by atoms with E-state index in [0.29, 0.717) is 41.8 Å². The molecule has 0 spiro atoms. The molecule has 8 heteroatoms. The maximum Gasteiger partial charge on any atom is 0.321 e. The summed E-state index contributed by atoms with van der Waals surface area (Å²) in [6, 6.07) is 7.10. The summed E-state index contributed by atoms with van der Waals surface area (Å²) in [6.45, 7) is 6.48. The highest BCUT2D eigenvalue weighted by molar-refractivity contribution is 7.86. The number of aryl methyl sites for hydroxylation is 1. The van der Waals surface area contributed by atoms with Gasteiger partial charge in [0.15, 0.2) is 0 Å². The number of carbonyl (C=O) groups excluding carboxylic acids is 1. The van der Waals surface area contributed by atoms with E-state index in [-0.39, 0.29) is 6.03 Å². The third-order valence-electron chi connectivity index (χ3n) is 3.96. The first-order valence-electron chi connectivity index (χ1n) is 7.71. The topological polar surface area (TPSA) is 88.3 Å². The fourth-order valence-electron chi connectivity index (χ4n) is 2.64. The smallest absolute Gasteiger partial charge is 0.321 e. The van der Waals surface area contributed by atoms with Crippen molar-refractivity contribution in [1.29, 1.82) is 0 Å². The lowest BCUT2D eigenvalue weighted by molar-refractivity contribution is 0.207. The number of nitrogens with zero attached hydrogens (tertiary/aromatic N) is 3. The second-order valence-corrected chi connectivity index (χ2v) is 8.55. The normalized spacial score (nSPS) is 20.0. The Morgan fingerprint density at radius 1 is 1.38 bits per heavy atom. The Morgan fingerprint density at radius 2 is 2.12 bits per heavy atom. The number of hydrogen-bond acceptors (Lipinski definition) is 5. The largest absolute Gasteiger partial charge is 0.339 e. The first-order chi connectivity index (χ1) is 11.4. The summed E-state index contributed by atoms with van der Waals surface area (Å²) in [5, 5.41) is 6.82. The number of hydrogen-bond donors (Lipinski definition) is 1. The number of urea groups is 1. The fourth-order valence-corrected chi connectivity index (χ4v) is 3.88. The van der Waals surface area contributed by atoms with Crippen LogP contribution in [-0.4, -0.2) is 48.9 Å². The first kappa shape index (κ1) is 16.6. The summed E-state index contributed by atoms with van der Waals surface area (Å²) in [5.41, 5.74) is 1.32. The van der Waals surface area contributed by atoms with Crippen LogP contribution in [0.5, 0.6) is 0 Å². The van der Waals surface area contributed by atoms with Crippen molar-refractivity contribution in [1.82, 2.24) is 15.0 Å². The van der Waals surface area contributed by atoms with Crippen molar-refractivity contribution in [2.75, 3.05) is 24.2 Å². The molecule has 1 aliphatic rings. The third kappa shape index (κ3) is 3.33. The van der Waals surface area contributed by atoms with Gasteiger partial charge < -0.3 is 14.7 Å². The molecule has 2 amide bonds. The van der Waals surface area contributed by atoms with Gasteiger partial charge in [0.25, 0.3) is 0 Å². The van der Waals surface area contributed by atoms with Crippen molar-refractivity contribution < 1.29 is 13.5 Å². The molecule has 1 aliphatic heterocycles. The van der Waals surface area contributed by atoms with E-state index in [1.165, 1.54) is 0 Å². The molecule has 3 rings (SSSR count). The second-order valence-electron chi connectivity index (χ2n) is 6.34. The van der Waals surface area contributed by atoms with Crippen molar-refractivity contribution in [2.24, 2.45) is 0 Å². The number of carbonyl (C=O) groups is 1. The molecule has 2 heterocycles. The zero-order chi connectivity index (χ0) is 17.3. The molecule has 0 bridgehead atoms. The number of anilines is 1. The number of nitrogens with one attached hydrogen (secondary N) is 1. The molecule has 1 aromatic heterocycles. The van der Waals surface area contributed by atoms with Crippen LogP contribution in [0.3, 0.4) is 0 Å². The highest BCUT2D eigenvalue weighted by atomic mass is 32.2. The van der Waals surface area contributed by atoms with Crippen molar-refractivity contribution in [3.8, 4) is 11.4 Å². The summed E-state index contributed by atoms with van der Waals surface area (Å²) in [7, 11) is -0.920. The predicted octanol–water partition coefficient (Wildman–Crippen LogP) is 2.42. The van der Waals surface area contributed by atoms with Crippen LogP contribution in [0, 0.1) is 6.92 Å². The lowest BCUT2D eigenvalue weighted by atomic mass is 10.1. The van der Waals surface area contributed by atoms with E-state index in [4.69, 9.17) is 4.52 Å². The van der Waals surface area contributed by atoms with Crippen LogP contribution < -0.4 is 5.32 Å². The average molecular weight is 348 g/mol. The zero-order valence-corrected chi connectivity index (χ0v) is 14.7. The third-order valence-corrected chi connectivity index (χ3v) is 5.87. The van der Waals surface area contributed by atoms with Gasteiger partial charge in [-0.25, -0.2) is 4.79 Å². The van der Waals surface area contributed by atoms with Gasteiger partial charge in [0, 0.05) is 42.1 Å². The quantitative estimate of drug-likeness (QED) is 0.900. The molecule has 2 aromatic rings. The van der Waals surface area contributed by atoms with Gasteiger partial charge in [0.1, 0.15) is 0 Å². The lowest BCUT2D eigenvalue weighted by Gasteiger charge is -2.37. The maximum absolute atomic E-state index is 12.6. The van der Waals surface area contributed by atoms with Crippen LogP contribution in [0.1, 0.15) is 19.7 Å². The summed E-state index contributed by atoms with van der Waals surface area (Å²) >= 11 is 0. The SMILES string of the molecule is Cc1nc(-c2ccccc2NC(=O)N2CCS(=O)C(C)(C)C2)no1. The minimum absolute atomic E-state index is 0.215. The number of amides is 2. The zero-order valence-electron chi connectivity index (χ0n) is 13.9. The van der Waals surface area contributed by atoms with Gasteiger partial charge in [0.2, 0.25) is 11.7 Å². The highest BCUT2D eigenvalue weighted by Gasteiger charge is 2.35. The average Bonchev–Trinajstić information content (AvgIpc) is 2.96. The molecule has 0 aliphatic carbocycles. The molecule has 7 nitrogen and oxygen atoms in total. The van der Waals surface area contributed by atoms with Gasteiger partial charge in [0.05, 0.1) is 10.4 Å². The molecule has 1 fully saturated rings. The Morgan fingerprint density at radius 3 is 2.79 bits per heavy atom. The summed E-state index contributed by atoms with van der Waals surface area (Å²) < 4.78 is 16.6. The Labute approximate surface area is 142 Å². The number of para-hydroxylation sites is 1. The van der Waals surface area contributed by atoms with E-state index in [0.717, 1.165) is 0 Å². The van der Waals surface area contributed by atoms with E-state index in [9.17, 15) is 9.00 Å². The minimum atomic E-state index is -0.920.